The number of hydrogen-bond acceptors (Lipinski definition) is 5. The molecule has 11 heteroatoms. The molecule has 0 aliphatic rings. The molecule has 25 heavy (non-hydrogen) atoms. The van der Waals surface area contributed by atoms with Gasteiger partial charge in [0, 0.05) is 24.1 Å². The van der Waals surface area contributed by atoms with E-state index in [1.54, 1.807) is 0 Å². The first-order valence-corrected chi connectivity index (χ1v) is 6.84. The van der Waals surface area contributed by atoms with Crippen LogP contribution in [0.4, 0.5) is 19.3 Å². The Hall–Kier alpha value is -3.50. The average Bonchev–Trinajstić information content (AvgIpc) is 2.93. The van der Waals surface area contributed by atoms with Crippen LogP contribution in [0.5, 0.6) is 0 Å². The zero-order valence-electron chi connectivity index (χ0n) is 12.8. The summed E-state index contributed by atoms with van der Waals surface area (Å²) in [4.78, 5) is 38.4. The lowest BCUT2D eigenvalue weighted by atomic mass is 10.3. The minimum atomic E-state index is -1.21. The molecule has 2 rings (SSSR count). The van der Waals surface area contributed by atoms with Crippen molar-refractivity contribution in [3.63, 3.8) is 0 Å². The largest absolute Gasteiger partial charge is 0.437 e. The van der Waals surface area contributed by atoms with E-state index in [9.17, 15) is 23.2 Å². The van der Waals surface area contributed by atoms with Gasteiger partial charge in [0.25, 0.3) is 11.8 Å². The lowest BCUT2D eigenvalue weighted by molar-refractivity contribution is -0.124. The zero-order chi connectivity index (χ0) is 18.6. The normalized spacial score (nSPS) is 11.5. The van der Waals surface area contributed by atoms with Crippen molar-refractivity contribution < 1.29 is 27.9 Å². The van der Waals surface area contributed by atoms with E-state index in [1.807, 2.05) is 0 Å². The molecule has 1 unspecified atom stereocenters. The van der Waals surface area contributed by atoms with Crippen molar-refractivity contribution in [3.8, 4) is 0 Å². The Bertz CT molecular complexity index is 803. The third-order valence-electron chi connectivity index (χ3n) is 2.86. The fraction of sp³-hybridized carbons (Fsp3) is 0.143. The van der Waals surface area contributed by atoms with Gasteiger partial charge >= 0.3 is 6.09 Å². The molecular formula is C14H13F2N5O4. The van der Waals surface area contributed by atoms with Gasteiger partial charge in [0.2, 0.25) is 5.82 Å². The summed E-state index contributed by atoms with van der Waals surface area (Å²) >= 11 is 0. The van der Waals surface area contributed by atoms with Gasteiger partial charge in [-0.2, -0.15) is 0 Å². The zero-order valence-corrected chi connectivity index (χ0v) is 12.8. The Morgan fingerprint density at radius 3 is 2.48 bits per heavy atom. The Kier molecular flexibility index (Phi) is 5.27. The highest BCUT2D eigenvalue weighted by atomic mass is 19.1. The summed E-state index contributed by atoms with van der Waals surface area (Å²) < 4.78 is 31.7. The molecule has 0 fully saturated rings. The summed E-state index contributed by atoms with van der Waals surface area (Å²) in [6, 6.07) is 2.47. The maximum absolute atomic E-state index is 13.1. The number of carbonyl (C=O) groups excluding carboxylic acids is 3. The lowest BCUT2D eigenvalue weighted by Crippen LogP contribution is -2.37. The Labute approximate surface area is 139 Å². The molecule has 0 saturated carbocycles. The summed E-state index contributed by atoms with van der Waals surface area (Å²) in [5.41, 5.74) is 6.94. The number of hydrogen-bond donors (Lipinski definition) is 3. The van der Waals surface area contributed by atoms with E-state index in [1.165, 1.54) is 19.3 Å². The summed E-state index contributed by atoms with van der Waals surface area (Å²) in [6.07, 6.45) is 0.101. The predicted molar refractivity (Wildman–Crippen MR) is 81.0 cm³/mol. The first-order valence-electron chi connectivity index (χ1n) is 6.84. The Morgan fingerprint density at radius 1 is 1.24 bits per heavy atom. The molecule has 1 aromatic heterocycles. The number of primary amides is 1. The minimum absolute atomic E-state index is 0.131. The monoisotopic (exact) mass is 353 g/mol. The van der Waals surface area contributed by atoms with Crippen molar-refractivity contribution in [2.75, 3.05) is 10.7 Å². The maximum atomic E-state index is 13.1. The molecule has 0 saturated heterocycles. The Balaban J connectivity index is 2.11. The molecule has 9 nitrogen and oxygen atoms in total. The highest BCUT2D eigenvalue weighted by molar-refractivity contribution is 6.02. The number of aromatic nitrogens is 2. The van der Waals surface area contributed by atoms with E-state index in [4.69, 9.17) is 5.73 Å². The van der Waals surface area contributed by atoms with E-state index in [0.29, 0.717) is 6.07 Å². The lowest BCUT2D eigenvalue weighted by Gasteiger charge is -2.14. The quantitative estimate of drug-likeness (QED) is 0.738. The molecule has 4 N–H and O–H groups in total. The SMILES string of the molecule is CC(OC(N)=O)C(=O)Nn1ccnc1C(=O)Nc1cc(F)cc(F)c1. The third-order valence-corrected chi connectivity index (χ3v) is 2.86. The van der Waals surface area contributed by atoms with Crippen LogP contribution in [0.2, 0.25) is 0 Å². The molecule has 0 bridgehead atoms. The average molecular weight is 353 g/mol. The van der Waals surface area contributed by atoms with Crippen LogP contribution in [-0.4, -0.2) is 33.7 Å². The highest BCUT2D eigenvalue weighted by Crippen LogP contribution is 2.13. The maximum Gasteiger partial charge on any atom is 0.405 e. The molecule has 0 aliphatic carbocycles. The molecular weight excluding hydrogens is 340 g/mol. The van der Waals surface area contributed by atoms with Crippen LogP contribution < -0.4 is 16.5 Å². The number of carbonyl (C=O) groups is 3. The van der Waals surface area contributed by atoms with Crippen LogP contribution >= 0.6 is 0 Å². The van der Waals surface area contributed by atoms with E-state index < -0.39 is 35.6 Å². The molecule has 132 valence electrons. The van der Waals surface area contributed by atoms with Gasteiger partial charge < -0.3 is 15.8 Å². The van der Waals surface area contributed by atoms with Gasteiger partial charge in [-0.05, 0) is 19.1 Å². The summed E-state index contributed by atoms with van der Waals surface area (Å²) in [7, 11) is 0. The van der Waals surface area contributed by atoms with Crippen LogP contribution in [0.25, 0.3) is 0 Å². The van der Waals surface area contributed by atoms with Gasteiger partial charge in [0.05, 0.1) is 0 Å². The van der Waals surface area contributed by atoms with Crippen molar-refractivity contribution >= 4 is 23.6 Å². The molecule has 2 aromatic rings. The fourth-order valence-corrected chi connectivity index (χ4v) is 1.81. The van der Waals surface area contributed by atoms with Crippen molar-refractivity contribution in [1.29, 1.82) is 0 Å². The van der Waals surface area contributed by atoms with Gasteiger partial charge in [-0.1, -0.05) is 0 Å². The number of benzene rings is 1. The highest BCUT2D eigenvalue weighted by Gasteiger charge is 2.20. The number of nitrogens with zero attached hydrogens (tertiary/aromatic N) is 2. The smallest absolute Gasteiger partial charge is 0.405 e. The number of amides is 3. The molecule has 0 aliphatic heterocycles. The van der Waals surface area contributed by atoms with Crippen molar-refractivity contribution in [2.24, 2.45) is 5.73 Å². The van der Waals surface area contributed by atoms with Crippen LogP contribution in [-0.2, 0) is 9.53 Å². The fourth-order valence-electron chi connectivity index (χ4n) is 1.81. The van der Waals surface area contributed by atoms with Crippen LogP contribution in [0.3, 0.4) is 0 Å². The number of halogens is 2. The van der Waals surface area contributed by atoms with Gasteiger partial charge in [-0.25, -0.2) is 23.2 Å². The summed E-state index contributed by atoms with van der Waals surface area (Å²) in [5, 5.41) is 2.24. The first-order chi connectivity index (χ1) is 11.8. The first kappa shape index (κ1) is 17.8. The van der Waals surface area contributed by atoms with Gasteiger partial charge in [0.1, 0.15) is 11.6 Å². The molecule has 1 heterocycles. The standard InChI is InChI=1S/C14H13F2N5O4/c1-7(25-14(17)24)12(22)20-21-3-2-18-11(21)13(23)19-10-5-8(15)4-9(16)6-10/h2-7H,1H3,(H2,17,24)(H,19,23)(H,20,22). The second kappa shape index (κ2) is 7.38. The number of anilines is 1. The van der Waals surface area contributed by atoms with E-state index in [0.717, 1.165) is 16.8 Å². The molecule has 1 atom stereocenters. The van der Waals surface area contributed by atoms with Crippen LogP contribution in [0, 0.1) is 11.6 Å². The second-order valence-electron chi connectivity index (χ2n) is 4.79. The minimum Gasteiger partial charge on any atom is -0.437 e. The van der Waals surface area contributed by atoms with Crippen LogP contribution in [0.15, 0.2) is 30.6 Å². The van der Waals surface area contributed by atoms with Crippen molar-refractivity contribution in [1.82, 2.24) is 9.66 Å². The van der Waals surface area contributed by atoms with Crippen molar-refractivity contribution in [3.05, 3.63) is 48.1 Å². The Morgan fingerprint density at radius 2 is 1.88 bits per heavy atom. The number of rotatable bonds is 5. The van der Waals surface area contributed by atoms with E-state index >= 15 is 0 Å². The molecule has 3 amide bonds. The topological polar surface area (TPSA) is 128 Å². The molecule has 0 radical (unpaired) electrons. The van der Waals surface area contributed by atoms with Crippen molar-refractivity contribution in [2.45, 2.75) is 13.0 Å². The summed E-state index contributed by atoms with van der Waals surface area (Å²) in [6.45, 7) is 1.27. The molecule has 0 spiro atoms. The third kappa shape index (κ3) is 4.73. The second-order valence-corrected chi connectivity index (χ2v) is 4.79. The summed E-state index contributed by atoms with van der Waals surface area (Å²) in [5.74, 6) is -3.63. The van der Waals surface area contributed by atoms with Gasteiger partial charge in [0.15, 0.2) is 6.10 Å². The van der Waals surface area contributed by atoms with E-state index in [2.05, 4.69) is 20.5 Å². The van der Waals surface area contributed by atoms with Crippen LogP contribution in [0.1, 0.15) is 17.5 Å². The van der Waals surface area contributed by atoms with Gasteiger partial charge in [-0.3, -0.25) is 15.0 Å². The number of nitrogens with one attached hydrogen (secondary N) is 2. The number of nitrogens with two attached hydrogens (primary N) is 1. The predicted octanol–water partition coefficient (Wildman–Crippen LogP) is 0.967. The molecule has 1 aromatic carbocycles. The van der Waals surface area contributed by atoms with E-state index in [-0.39, 0.29) is 11.5 Å². The van der Waals surface area contributed by atoms with Gasteiger partial charge in [-0.15, -0.1) is 0 Å². The number of ether oxygens (including phenoxy) is 1. The number of imidazole rings is 1.